The molecule has 1 aliphatic heterocycles. The van der Waals surface area contributed by atoms with E-state index in [-0.39, 0.29) is 19.1 Å². The van der Waals surface area contributed by atoms with Crippen molar-refractivity contribution < 1.29 is 27.9 Å². The van der Waals surface area contributed by atoms with Crippen LogP contribution in [0.1, 0.15) is 0 Å². The number of hydrogen-bond donors (Lipinski definition) is 4. The van der Waals surface area contributed by atoms with E-state index in [9.17, 15) is 23.2 Å². The first-order valence-corrected chi connectivity index (χ1v) is 8.22. The summed E-state index contributed by atoms with van der Waals surface area (Å²) in [6.07, 6.45) is -2.70. The van der Waals surface area contributed by atoms with Crippen molar-refractivity contribution in [2.24, 2.45) is 5.73 Å². The first kappa shape index (κ1) is 20.5. The maximum absolute atomic E-state index is 12.2. The number of halogens is 2. The molecule has 0 spiro atoms. The van der Waals surface area contributed by atoms with Crippen LogP contribution in [0, 0.1) is 0 Å². The van der Waals surface area contributed by atoms with Gasteiger partial charge in [0.2, 0.25) is 5.91 Å². The molecule has 1 atom stereocenters. The molecule has 1 aromatic rings. The van der Waals surface area contributed by atoms with Crippen molar-refractivity contribution in [3.8, 4) is 0 Å². The molecule has 1 fully saturated rings. The summed E-state index contributed by atoms with van der Waals surface area (Å²) < 4.78 is 29.2. The summed E-state index contributed by atoms with van der Waals surface area (Å²) in [5, 5.41) is 6.72. The average Bonchev–Trinajstić information content (AvgIpc) is 2.65. The molecule has 0 radical (unpaired) electrons. The van der Waals surface area contributed by atoms with Crippen molar-refractivity contribution in [2.75, 3.05) is 43.1 Å². The number of hydrogen-bond acceptors (Lipinski definition) is 5. The topological polar surface area (TPSA) is 126 Å². The lowest BCUT2D eigenvalue weighted by atomic mass is 10.2. The van der Waals surface area contributed by atoms with Gasteiger partial charge in [-0.2, -0.15) is 0 Å². The third-order valence-electron chi connectivity index (χ3n) is 3.71. The fourth-order valence-electron chi connectivity index (χ4n) is 2.36. The Morgan fingerprint density at radius 1 is 1.26 bits per heavy atom. The molecule has 2 rings (SSSR count). The molecule has 148 valence electrons. The van der Waals surface area contributed by atoms with Crippen molar-refractivity contribution in [3.63, 3.8) is 0 Å². The summed E-state index contributed by atoms with van der Waals surface area (Å²) in [5.41, 5.74) is 6.56. The standard InChI is InChI=1S/C16H21F2N5O4/c17-13(18)8-20-16(26)22-12(7-19)15(25)21-10-1-3-11(4-2-10)23-5-6-27-9-14(23)24/h1-4,12-13H,5-9,19H2,(H,21,25)(H2,20,22,26)/t12-/m0/s1. The molecule has 1 saturated heterocycles. The monoisotopic (exact) mass is 385 g/mol. The number of alkyl halides is 2. The maximum Gasteiger partial charge on any atom is 0.315 e. The van der Waals surface area contributed by atoms with Crippen LogP contribution < -0.4 is 26.6 Å². The number of morpholine rings is 1. The molecule has 27 heavy (non-hydrogen) atoms. The summed E-state index contributed by atoms with van der Waals surface area (Å²) in [6.45, 7) is -0.129. The van der Waals surface area contributed by atoms with E-state index >= 15 is 0 Å². The second-order valence-corrected chi connectivity index (χ2v) is 5.67. The van der Waals surface area contributed by atoms with Gasteiger partial charge in [-0.05, 0) is 24.3 Å². The Morgan fingerprint density at radius 2 is 1.96 bits per heavy atom. The van der Waals surface area contributed by atoms with Gasteiger partial charge < -0.3 is 31.3 Å². The number of carbonyl (C=O) groups excluding carboxylic acids is 3. The van der Waals surface area contributed by atoms with Gasteiger partial charge in [0, 0.05) is 24.5 Å². The smallest absolute Gasteiger partial charge is 0.315 e. The predicted octanol–water partition coefficient (Wildman–Crippen LogP) is -0.120. The van der Waals surface area contributed by atoms with Gasteiger partial charge in [-0.1, -0.05) is 0 Å². The summed E-state index contributed by atoms with van der Waals surface area (Å²) >= 11 is 0. The third kappa shape index (κ3) is 6.15. The van der Waals surface area contributed by atoms with Gasteiger partial charge in [-0.15, -0.1) is 0 Å². The summed E-state index contributed by atoms with van der Waals surface area (Å²) in [4.78, 5) is 37.1. The fraction of sp³-hybridized carbons (Fsp3) is 0.438. The van der Waals surface area contributed by atoms with E-state index in [0.29, 0.717) is 24.5 Å². The molecule has 11 heteroatoms. The van der Waals surface area contributed by atoms with Gasteiger partial charge in [0.1, 0.15) is 12.6 Å². The van der Waals surface area contributed by atoms with Gasteiger partial charge in [0.25, 0.3) is 12.3 Å². The van der Waals surface area contributed by atoms with Gasteiger partial charge in [0.05, 0.1) is 13.2 Å². The van der Waals surface area contributed by atoms with Crippen molar-refractivity contribution in [3.05, 3.63) is 24.3 Å². The van der Waals surface area contributed by atoms with Crippen LogP contribution in [-0.4, -0.2) is 63.2 Å². The highest BCUT2D eigenvalue weighted by molar-refractivity contribution is 5.98. The quantitative estimate of drug-likeness (QED) is 0.521. The van der Waals surface area contributed by atoms with Crippen LogP contribution in [0.5, 0.6) is 0 Å². The number of nitrogens with two attached hydrogens (primary N) is 1. The molecule has 0 aliphatic carbocycles. The Hall–Kier alpha value is -2.79. The fourth-order valence-corrected chi connectivity index (χ4v) is 2.36. The Morgan fingerprint density at radius 3 is 2.56 bits per heavy atom. The molecule has 0 bridgehead atoms. The lowest BCUT2D eigenvalue weighted by Crippen LogP contribution is -2.52. The zero-order valence-electron chi connectivity index (χ0n) is 14.4. The minimum Gasteiger partial charge on any atom is -0.370 e. The van der Waals surface area contributed by atoms with Crippen molar-refractivity contribution in [2.45, 2.75) is 12.5 Å². The minimum absolute atomic E-state index is 0.0238. The summed E-state index contributed by atoms with van der Waals surface area (Å²) in [5.74, 6) is -0.750. The Kier molecular flexibility index (Phi) is 7.44. The van der Waals surface area contributed by atoms with E-state index in [2.05, 4.69) is 10.6 Å². The molecular formula is C16H21F2N5O4. The lowest BCUT2D eigenvalue weighted by Gasteiger charge is -2.27. The second kappa shape index (κ2) is 9.78. The van der Waals surface area contributed by atoms with Crippen LogP contribution in [0.2, 0.25) is 0 Å². The van der Waals surface area contributed by atoms with E-state index in [1.54, 1.807) is 29.2 Å². The molecule has 4 amide bonds. The number of amides is 4. The molecule has 9 nitrogen and oxygen atoms in total. The molecule has 0 unspecified atom stereocenters. The first-order valence-electron chi connectivity index (χ1n) is 8.22. The number of urea groups is 1. The number of benzene rings is 1. The highest BCUT2D eigenvalue weighted by Crippen LogP contribution is 2.19. The lowest BCUT2D eigenvalue weighted by molar-refractivity contribution is -0.125. The van der Waals surface area contributed by atoms with Gasteiger partial charge in [0.15, 0.2) is 0 Å². The van der Waals surface area contributed by atoms with Crippen LogP contribution in [0.15, 0.2) is 24.3 Å². The van der Waals surface area contributed by atoms with E-state index in [1.165, 1.54) is 0 Å². The average molecular weight is 385 g/mol. The van der Waals surface area contributed by atoms with Gasteiger partial charge >= 0.3 is 6.03 Å². The molecule has 1 aromatic carbocycles. The number of anilines is 2. The Labute approximate surface area is 154 Å². The zero-order chi connectivity index (χ0) is 19.8. The third-order valence-corrected chi connectivity index (χ3v) is 3.71. The molecule has 1 aliphatic rings. The Bertz CT molecular complexity index is 671. The van der Waals surface area contributed by atoms with Crippen LogP contribution >= 0.6 is 0 Å². The first-order chi connectivity index (χ1) is 12.9. The van der Waals surface area contributed by atoms with E-state index < -0.39 is 31.0 Å². The number of rotatable bonds is 7. The molecule has 5 N–H and O–H groups in total. The van der Waals surface area contributed by atoms with E-state index in [1.807, 2.05) is 5.32 Å². The highest BCUT2D eigenvalue weighted by atomic mass is 19.3. The number of nitrogens with zero attached hydrogens (tertiary/aromatic N) is 1. The van der Waals surface area contributed by atoms with Crippen molar-refractivity contribution >= 4 is 29.2 Å². The Balaban J connectivity index is 1.91. The SMILES string of the molecule is NC[C@H](NC(=O)NCC(F)F)C(=O)Nc1ccc(N2CCOCC2=O)cc1. The van der Waals surface area contributed by atoms with Crippen LogP contribution in [0.4, 0.5) is 25.0 Å². The summed E-state index contributed by atoms with van der Waals surface area (Å²) in [7, 11) is 0. The largest absolute Gasteiger partial charge is 0.370 e. The minimum atomic E-state index is -2.70. The second-order valence-electron chi connectivity index (χ2n) is 5.67. The maximum atomic E-state index is 12.2. The van der Waals surface area contributed by atoms with E-state index in [0.717, 1.165) is 0 Å². The van der Waals surface area contributed by atoms with Gasteiger partial charge in [-0.25, -0.2) is 13.6 Å². The normalized spacial score (nSPS) is 15.4. The van der Waals surface area contributed by atoms with Crippen molar-refractivity contribution in [1.29, 1.82) is 0 Å². The molecular weight excluding hydrogens is 364 g/mol. The molecule has 0 aromatic heterocycles. The molecule has 1 heterocycles. The number of ether oxygens (including phenoxy) is 1. The highest BCUT2D eigenvalue weighted by Gasteiger charge is 2.21. The summed E-state index contributed by atoms with van der Waals surface area (Å²) in [6, 6.07) is 4.52. The van der Waals surface area contributed by atoms with E-state index in [4.69, 9.17) is 10.5 Å². The van der Waals surface area contributed by atoms with Crippen LogP contribution in [0.25, 0.3) is 0 Å². The number of carbonyl (C=O) groups is 3. The predicted molar refractivity (Wildman–Crippen MR) is 93.6 cm³/mol. The van der Waals surface area contributed by atoms with Gasteiger partial charge in [-0.3, -0.25) is 9.59 Å². The van der Waals surface area contributed by atoms with Crippen molar-refractivity contribution in [1.82, 2.24) is 10.6 Å². The zero-order valence-corrected chi connectivity index (χ0v) is 14.4. The van der Waals surface area contributed by atoms with Crippen LogP contribution in [-0.2, 0) is 14.3 Å². The molecule has 0 saturated carbocycles. The number of nitrogens with one attached hydrogen (secondary N) is 3. The van der Waals surface area contributed by atoms with Crippen LogP contribution in [0.3, 0.4) is 0 Å².